The Morgan fingerprint density at radius 2 is 1.97 bits per heavy atom. The van der Waals surface area contributed by atoms with Crippen molar-refractivity contribution in [2.45, 2.75) is 24.5 Å². The van der Waals surface area contributed by atoms with Gasteiger partial charge in [0.15, 0.2) is 9.84 Å². The summed E-state index contributed by atoms with van der Waals surface area (Å²) in [6.45, 7) is 4.33. The van der Waals surface area contributed by atoms with Gasteiger partial charge in [0.25, 0.3) is 5.91 Å². The summed E-state index contributed by atoms with van der Waals surface area (Å²) in [7, 11) is -3.81. The van der Waals surface area contributed by atoms with Gasteiger partial charge in [-0.05, 0) is 55.5 Å². The van der Waals surface area contributed by atoms with E-state index in [9.17, 15) is 17.6 Å². The van der Waals surface area contributed by atoms with Crippen LogP contribution in [-0.2, 0) is 21.1 Å². The lowest BCUT2D eigenvalue weighted by atomic mass is 10.1. The summed E-state index contributed by atoms with van der Waals surface area (Å²) >= 11 is 0. The zero-order valence-corrected chi connectivity index (χ0v) is 21.7. The summed E-state index contributed by atoms with van der Waals surface area (Å²) in [5.74, 6) is -0.573. The summed E-state index contributed by atoms with van der Waals surface area (Å²) in [4.78, 5) is 28.3. The lowest BCUT2D eigenvalue weighted by Gasteiger charge is -2.32. The standard InChI is InChI=1S/C27H26FN5O4S.H2/c1-17-16-33(10-11-37-17)26-5-3-4-22(32-26)23-9-7-19-14-29-20(13-24(19)31-23)15-30-27(34)18-6-8-21(28)25(12-18)38(2,35)36;/h3-9,12-14,17H,10-11,15-16H2,1-2H3,(H,30,34);1H/t17-;/m0./s1. The molecule has 198 valence electrons. The summed E-state index contributed by atoms with van der Waals surface area (Å²) in [5, 5.41) is 3.53. The van der Waals surface area contributed by atoms with Crippen LogP contribution in [0.3, 0.4) is 0 Å². The molecule has 0 bridgehead atoms. The lowest BCUT2D eigenvalue weighted by Crippen LogP contribution is -2.41. The van der Waals surface area contributed by atoms with Gasteiger partial charge in [-0.15, -0.1) is 0 Å². The van der Waals surface area contributed by atoms with Gasteiger partial charge in [-0.1, -0.05) is 6.07 Å². The third-order valence-electron chi connectivity index (χ3n) is 6.22. The minimum absolute atomic E-state index is 0. The van der Waals surface area contributed by atoms with Crippen molar-refractivity contribution in [1.29, 1.82) is 0 Å². The molecule has 1 atom stereocenters. The molecule has 5 rings (SSSR count). The predicted octanol–water partition coefficient (Wildman–Crippen LogP) is 3.64. The molecule has 1 saturated heterocycles. The van der Waals surface area contributed by atoms with Crippen LogP contribution >= 0.6 is 0 Å². The van der Waals surface area contributed by atoms with Crippen molar-refractivity contribution in [1.82, 2.24) is 20.3 Å². The zero-order chi connectivity index (χ0) is 26.9. The molecule has 0 unspecified atom stereocenters. The van der Waals surface area contributed by atoms with E-state index in [0.717, 1.165) is 48.4 Å². The summed E-state index contributed by atoms with van der Waals surface area (Å²) < 4.78 is 43.1. The molecule has 38 heavy (non-hydrogen) atoms. The average molecular weight is 538 g/mol. The van der Waals surface area contributed by atoms with Gasteiger partial charge in [0.2, 0.25) is 0 Å². The largest absolute Gasteiger partial charge is 0.375 e. The highest BCUT2D eigenvalue weighted by Gasteiger charge is 2.19. The Kier molecular flexibility index (Phi) is 7.04. The number of hydrogen-bond donors (Lipinski definition) is 1. The number of rotatable bonds is 6. The highest BCUT2D eigenvalue weighted by atomic mass is 32.2. The fourth-order valence-electron chi connectivity index (χ4n) is 4.27. The van der Waals surface area contributed by atoms with E-state index < -0.39 is 26.5 Å². The van der Waals surface area contributed by atoms with E-state index in [1.807, 2.05) is 37.3 Å². The van der Waals surface area contributed by atoms with Crippen LogP contribution < -0.4 is 10.2 Å². The number of fused-ring (bicyclic) bond motifs is 1. The van der Waals surface area contributed by atoms with Crippen LogP contribution in [0.4, 0.5) is 10.2 Å². The fourth-order valence-corrected chi connectivity index (χ4v) is 5.03. The van der Waals surface area contributed by atoms with E-state index in [2.05, 4.69) is 15.2 Å². The molecule has 3 aromatic heterocycles. The van der Waals surface area contributed by atoms with Crippen LogP contribution in [-0.4, -0.2) is 61.3 Å². The van der Waals surface area contributed by atoms with Crippen LogP contribution in [0.5, 0.6) is 0 Å². The maximum absolute atomic E-state index is 13.9. The normalized spacial score (nSPS) is 16.0. The number of sulfone groups is 1. The van der Waals surface area contributed by atoms with Crippen LogP contribution in [0.25, 0.3) is 22.3 Å². The van der Waals surface area contributed by atoms with Crippen molar-refractivity contribution >= 4 is 32.5 Å². The molecule has 1 amide bonds. The van der Waals surface area contributed by atoms with Crippen LogP contribution in [0.15, 0.2) is 65.7 Å². The maximum Gasteiger partial charge on any atom is 0.251 e. The van der Waals surface area contributed by atoms with Crippen molar-refractivity contribution in [2.24, 2.45) is 0 Å². The van der Waals surface area contributed by atoms with Gasteiger partial charge in [-0.3, -0.25) is 9.78 Å². The number of carbonyl (C=O) groups is 1. The Balaban J connectivity index is 0.00000353. The Hall–Kier alpha value is -3.96. The molecule has 11 heteroatoms. The molecule has 1 aliphatic heterocycles. The summed E-state index contributed by atoms with van der Waals surface area (Å²) in [5.41, 5.74) is 2.74. The number of aromatic nitrogens is 3. The second-order valence-electron chi connectivity index (χ2n) is 9.17. The third-order valence-corrected chi connectivity index (χ3v) is 7.33. The number of morpholine rings is 1. The van der Waals surface area contributed by atoms with Crippen molar-refractivity contribution in [3.63, 3.8) is 0 Å². The van der Waals surface area contributed by atoms with Crippen molar-refractivity contribution in [2.75, 3.05) is 30.9 Å². The molecular formula is C27H28FN5O4S. The number of anilines is 1. The number of amides is 1. The number of halogens is 1. The first-order valence-corrected chi connectivity index (χ1v) is 13.9. The van der Waals surface area contributed by atoms with Crippen molar-refractivity contribution < 1.29 is 23.8 Å². The van der Waals surface area contributed by atoms with E-state index in [4.69, 9.17) is 14.7 Å². The Bertz CT molecular complexity index is 1640. The molecule has 0 saturated carbocycles. The van der Waals surface area contributed by atoms with Gasteiger partial charge in [-0.25, -0.2) is 22.8 Å². The quantitative estimate of drug-likeness (QED) is 0.397. The van der Waals surface area contributed by atoms with Crippen molar-refractivity contribution in [3.05, 3.63) is 77.9 Å². The first-order valence-electron chi connectivity index (χ1n) is 12.0. The Morgan fingerprint density at radius 3 is 2.76 bits per heavy atom. The number of hydrogen-bond acceptors (Lipinski definition) is 8. The Labute approximate surface area is 221 Å². The molecule has 1 aliphatic rings. The van der Waals surface area contributed by atoms with Crippen molar-refractivity contribution in [3.8, 4) is 11.4 Å². The highest BCUT2D eigenvalue weighted by molar-refractivity contribution is 7.90. The topological polar surface area (TPSA) is 114 Å². The first kappa shape index (κ1) is 25.7. The van der Waals surface area contributed by atoms with Gasteiger partial charge in [0.1, 0.15) is 16.5 Å². The molecule has 4 heterocycles. The molecule has 1 N–H and O–H groups in total. The zero-order valence-electron chi connectivity index (χ0n) is 20.9. The van der Waals surface area contributed by atoms with E-state index in [-0.39, 0.29) is 19.6 Å². The minimum atomic E-state index is -3.81. The van der Waals surface area contributed by atoms with E-state index >= 15 is 0 Å². The first-order chi connectivity index (χ1) is 18.2. The van der Waals surface area contributed by atoms with Gasteiger partial charge < -0.3 is 15.0 Å². The molecule has 0 aliphatic carbocycles. The van der Waals surface area contributed by atoms with Gasteiger partial charge in [0, 0.05) is 37.9 Å². The van der Waals surface area contributed by atoms with Gasteiger partial charge in [-0.2, -0.15) is 0 Å². The van der Waals surface area contributed by atoms with Gasteiger partial charge in [0.05, 0.1) is 41.9 Å². The molecule has 0 spiro atoms. The maximum atomic E-state index is 13.9. The van der Waals surface area contributed by atoms with E-state index in [0.29, 0.717) is 23.5 Å². The lowest BCUT2D eigenvalue weighted by molar-refractivity contribution is 0.0529. The second-order valence-corrected chi connectivity index (χ2v) is 11.2. The average Bonchev–Trinajstić information content (AvgIpc) is 2.91. The van der Waals surface area contributed by atoms with E-state index in [1.165, 1.54) is 6.07 Å². The number of nitrogens with one attached hydrogen (secondary N) is 1. The van der Waals surface area contributed by atoms with Gasteiger partial charge >= 0.3 is 0 Å². The van der Waals surface area contributed by atoms with E-state index in [1.54, 1.807) is 12.3 Å². The molecular weight excluding hydrogens is 509 g/mol. The summed E-state index contributed by atoms with van der Waals surface area (Å²) in [6, 6.07) is 14.7. The highest BCUT2D eigenvalue weighted by Crippen LogP contribution is 2.23. The molecule has 1 aromatic carbocycles. The monoisotopic (exact) mass is 537 g/mol. The Morgan fingerprint density at radius 1 is 1.16 bits per heavy atom. The van der Waals surface area contributed by atoms with Crippen LogP contribution in [0.1, 0.15) is 24.4 Å². The SMILES string of the molecule is C[C@H]1CN(c2cccc(-c3ccc4cnc(CNC(=O)c5ccc(F)c(S(C)(=O)=O)c5)cc4n3)n2)CCO1.[HH]. The summed E-state index contributed by atoms with van der Waals surface area (Å²) in [6.07, 6.45) is 2.71. The smallest absolute Gasteiger partial charge is 0.251 e. The number of pyridine rings is 3. The number of benzene rings is 1. The third kappa shape index (κ3) is 5.63. The molecule has 9 nitrogen and oxygen atoms in total. The van der Waals surface area contributed by atoms with Crippen LogP contribution in [0, 0.1) is 5.82 Å². The second kappa shape index (κ2) is 10.4. The number of ether oxygens (including phenoxy) is 1. The fraction of sp³-hybridized carbons (Fsp3) is 0.259. The van der Waals surface area contributed by atoms with Crippen LogP contribution in [0.2, 0.25) is 0 Å². The molecule has 4 aromatic rings. The molecule has 1 fully saturated rings. The number of carbonyl (C=O) groups excluding carboxylic acids is 1. The molecule has 0 radical (unpaired) electrons. The predicted molar refractivity (Wildman–Crippen MR) is 143 cm³/mol. The minimum Gasteiger partial charge on any atom is -0.375 e. The number of nitrogens with zero attached hydrogens (tertiary/aromatic N) is 4.